The van der Waals surface area contributed by atoms with E-state index in [2.05, 4.69) is 11.1 Å². The van der Waals surface area contributed by atoms with Crippen molar-refractivity contribution in [3.63, 3.8) is 0 Å². The standard InChI is InChI=1S/C7H12N2/c1-6(9-4)7(2,3)5-8/h1-4H3. The van der Waals surface area contributed by atoms with Crippen molar-refractivity contribution in [1.82, 2.24) is 0 Å². The Kier molecular flexibility index (Phi) is 2.39. The SMILES string of the molecule is CN=C(C)C(C)(C)C#N. The van der Waals surface area contributed by atoms with Crippen LogP contribution in [0.2, 0.25) is 0 Å². The number of hydrogen-bond donors (Lipinski definition) is 0. The van der Waals surface area contributed by atoms with Crippen molar-refractivity contribution in [3.8, 4) is 6.07 Å². The zero-order valence-corrected chi connectivity index (χ0v) is 6.39. The van der Waals surface area contributed by atoms with Gasteiger partial charge in [-0.25, -0.2) is 0 Å². The summed E-state index contributed by atoms with van der Waals surface area (Å²) in [6, 6.07) is 2.16. The molecule has 0 aromatic heterocycles. The molecule has 50 valence electrons. The maximum absolute atomic E-state index is 8.56. The molecule has 0 heterocycles. The first kappa shape index (κ1) is 8.16. The van der Waals surface area contributed by atoms with Gasteiger partial charge in [0.1, 0.15) is 0 Å². The van der Waals surface area contributed by atoms with Gasteiger partial charge in [-0.15, -0.1) is 0 Å². The van der Waals surface area contributed by atoms with Gasteiger partial charge < -0.3 is 0 Å². The Morgan fingerprint density at radius 1 is 1.56 bits per heavy atom. The number of nitriles is 1. The van der Waals surface area contributed by atoms with Gasteiger partial charge in [-0.2, -0.15) is 5.26 Å². The van der Waals surface area contributed by atoms with Crippen molar-refractivity contribution in [1.29, 1.82) is 5.26 Å². The smallest absolute Gasteiger partial charge is 0.0890 e. The van der Waals surface area contributed by atoms with E-state index in [1.165, 1.54) is 0 Å². The minimum Gasteiger partial charge on any atom is -0.296 e. The molecule has 2 heteroatoms. The average Bonchev–Trinajstić information content (AvgIpc) is 1.86. The molecule has 0 rings (SSSR count). The van der Waals surface area contributed by atoms with E-state index in [1.807, 2.05) is 20.8 Å². The topological polar surface area (TPSA) is 36.1 Å². The van der Waals surface area contributed by atoms with Crippen molar-refractivity contribution < 1.29 is 0 Å². The summed E-state index contributed by atoms with van der Waals surface area (Å²) in [5.74, 6) is 0. The van der Waals surface area contributed by atoms with Gasteiger partial charge in [-0.05, 0) is 20.8 Å². The van der Waals surface area contributed by atoms with E-state index in [1.54, 1.807) is 7.05 Å². The first-order valence-corrected chi connectivity index (χ1v) is 2.89. The van der Waals surface area contributed by atoms with Gasteiger partial charge in [-0.1, -0.05) is 0 Å². The highest BCUT2D eigenvalue weighted by Crippen LogP contribution is 2.14. The number of nitrogens with zero attached hydrogens (tertiary/aromatic N) is 2. The molecule has 0 N–H and O–H groups in total. The molecular formula is C7H12N2. The van der Waals surface area contributed by atoms with E-state index in [-0.39, 0.29) is 0 Å². The number of aliphatic imine (C=N–C) groups is 1. The fourth-order valence-corrected chi connectivity index (χ4v) is 0.360. The van der Waals surface area contributed by atoms with Crippen molar-refractivity contribution in [3.05, 3.63) is 0 Å². The van der Waals surface area contributed by atoms with Gasteiger partial charge in [-0.3, -0.25) is 4.99 Å². The van der Waals surface area contributed by atoms with Crippen LogP contribution in [0.3, 0.4) is 0 Å². The zero-order chi connectivity index (χ0) is 7.49. The lowest BCUT2D eigenvalue weighted by atomic mass is 9.90. The molecule has 0 saturated carbocycles. The third kappa shape index (κ3) is 1.85. The normalized spacial score (nSPS) is 13.0. The minimum absolute atomic E-state index is 0.394. The molecule has 0 amide bonds. The highest BCUT2D eigenvalue weighted by molar-refractivity contribution is 5.89. The second-order valence-corrected chi connectivity index (χ2v) is 2.55. The highest BCUT2D eigenvalue weighted by atomic mass is 14.7. The van der Waals surface area contributed by atoms with E-state index >= 15 is 0 Å². The van der Waals surface area contributed by atoms with Crippen LogP contribution in [-0.4, -0.2) is 12.8 Å². The van der Waals surface area contributed by atoms with Crippen molar-refractivity contribution >= 4 is 5.71 Å². The lowest BCUT2D eigenvalue weighted by molar-refractivity contribution is 0.688. The Hall–Kier alpha value is -0.840. The molecule has 0 spiro atoms. The third-order valence-electron chi connectivity index (χ3n) is 1.52. The Morgan fingerprint density at radius 2 is 2.00 bits per heavy atom. The summed E-state index contributed by atoms with van der Waals surface area (Å²) in [7, 11) is 1.70. The molecule has 0 atom stereocenters. The molecule has 0 aliphatic carbocycles. The van der Waals surface area contributed by atoms with E-state index in [9.17, 15) is 0 Å². The summed E-state index contributed by atoms with van der Waals surface area (Å²) in [4.78, 5) is 3.93. The first-order chi connectivity index (χ1) is 4.04. The molecule has 0 aromatic rings. The second kappa shape index (κ2) is 2.63. The fraction of sp³-hybridized carbons (Fsp3) is 0.714. The zero-order valence-electron chi connectivity index (χ0n) is 6.39. The molecule has 0 fully saturated rings. The largest absolute Gasteiger partial charge is 0.296 e. The summed E-state index contributed by atoms with van der Waals surface area (Å²) in [5.41, 5.74) is 0.486. The lowest BCUT2D eigenvalue weighted by Gasteiger charge is -2.12. The van der Waals surface area contributed by atoms with Crippen molar-refractivity contribution in [2.75, 3.05) is 7.05 Å². The van der Waals surface area contributed by atoms with Gasteiger partial charge in [0.25, 0.3) is 0 Å². The van der Waals surface area contributed by atoms with E-state index in [4.69, 9.17) is 5.26 Å². The number of hydrogen-bond acceptors (Lipinski definition) is 2. The highest BCUT2D eigenvalue weighted by Gasteiger charge is 2.19. The van der Waals surface area contributed by atoms with Crippen LogP contribution in [0.25, 0.3) is 0 Å². The van der Waals surface area contributed by atoms with E-state index in [0.717, 1.165) is 5.71 Å². The maximum Gasteiger partial charge on any atom is 0.0890 e. The van der Waals surface area contributed by atoms with Gasteiger partial charge in [0.15, 0.2) is 0 Å². The Morgan fingerprint density at radius 3 is 2.11 bits per heavy atom. The monoisotopic (exact) mass is 124 g/mol. The summed E-state index contributed by atoms with van der Waals surface area (Å²) >= 11 is 0. The maximum atomic E-state index is 8.56. The van der Waals surface area contributed by atoms with Gasteiger partial charge in [0.2, 0.25) is 0 Å². The predicted octanol–water partition coefficient (Wildman–Crippen LogP) is 1.63. The summed E-state index contributed by atoms with van der Waals surface area (Å²) < 4.78 is 0. The molecule has 9 heavy (non-hydrogen) atoms. The molecule has 2 nitrogen and oxygen atoms in total. The molecule has 0 radical (unpaired) electrons. The second-order valence-electron chi connectivity index (χ2n) is 2.55. The lowest BCUT2D eigenvalue weighted by Crippen LogP contribution is -2.18. The van der Waals surface area contributed by atoms with Gasteiger partial charge in [0, 0.05) is 12.8 Å². The molecule has 0 aliphatic heterocycles. The molecule has 0 aromatic carbocycles. The van der Waals surface area contributed by atoms with E-state index in [0.29, 0.717) is 0 Å². The first-order valence-electron chi connectivity index (χ1n) is 2.89. The predicted molar refractivity (Wildman–Crippen MR) is 38.4 cm³/mol. The summed E-state index contributed by atoms with van der Waals surface area (Å²) in [6.07, 6.45) is 0. The number of rotatable bonds is 1. The van der Waals surface area contributed by atoms with Gasteiger partial charge >= 0.3 is 0 Å². The summed E-state index contributed by atoms with van der Waals surface area (Å²) in [6.45, 7) is 5.58. The Bertz CT molecular complexity index is 160. The van der Waals surface area contributed by atoms with Crippen LogP contribution in [-0.2, 0) is 0 Å². The van der Waals surface area contributed by atoms with Crippen LogP contribution in [0.5, 0.6) is 0 Å². The van der Waals surface area contributed by atoms with Crippen LogP contribution < -0.4 is 0 Å². The fourth-order valence-electron chi connectivity index (χ4n) is 0.360. The molecule has 0 aliphatic rings. The van der Waals surface area contributed by atoms with Crippen molar-refractivity contribution in [2.45, 2.75) is 20.8 Å². The molecule has 0 saturated heterocycles. The van der Waals surface area contributed by atoms with Gasteiger partial charge in [0.05, 0.1) is 11.5 Å². The van der Waals surface area contributed by atoms with E-state index < -0.39 is 5.41 Å². The van der Waals surface area contributed by atoms with Crippen LogP contribution in [0.4, 0.5) is 0 Å². The molecule has 0 bridgehead atoms. The molecule has 0 unspecified atom stereocenters. The average molecular weight is 124 g/mol. The van der Waals surface area contributed by atoms with Crippen LogP contribution in [0.1, 0.15) is 20.8 Å². The Balaban J connectivity index is 4.39. The molecular weight excluding hydrogens is 112 g/mol. The Labute approximate surface area is 56.2 Å². The summed E-state index contributed by atoms with van der Waals surface area (Å²) in [5, 5.41) is 8.56. The minimum atomic E-state index is -0.394. The quantitative estimate of drug-likeness (QED) is 0.489. The third-order valence-corrected chi connectivity index (χ3v) is 1.52. The van der Waals surface area contributed by atoms with Crippen LogP contribution >= 0.6 is 0 Å². The van der Waals surface area contributed by atoms with Crippen LogP contribution in [0.15, 0.2) is 4.99 Å². The van der Waals surface area contributed by atoms with Crippen molar-refractivity contribution in [2.24, 2.45) is 10.4 Å². The van der Waals surface area contributed by atoms with Crippen LogP contribution in [0, 0.1) is 16.7 Å².